The average molecular weight is 266 g/mol. The predicted octanol–water partition coefficient (Wildman–Crippen LogP) is 0.770. The number of carbonyl (C=O) groups is 1. The van der Waals surface area contributed by atoms with Crippen molar-refractivity contribution >= 4 is 11.7 Å². The lowest BCUT2D eigenvalue weighted by Crippen LogP contribution is -2.53. The average Bonchev–Trinajstić information content (AvgIpc) is 2.82. The first-order chi connectivity index (χ1) is 9.12. The van der Waals surface area contributed by atoms with Crippen LogP contribution in [0.2, 0.25) is 0 Å². The molecule has 2 rings (SSSR count). The first-order valence-electron chi connectivity index (χ1n) is 6.32. The minimum atomic E-state index is -0.866. The van der Waals surface area contributed by atoms with Crippen LogP contribution < -0.4 is 11.1 Å². The van der Waals surface area contributed by atoms with Crippen molar-refractivity contribution in [3.63, 3.8) is 0 Å². The molecular weight excluding hydrogens is 248 g/mol. The van der Waals surface area contributed by atoms with Crippen LogP contribution in [0.4, 0.5) is 0 Å². The summed E-state index contributed by atoms with van der Waals surface area (Å²) in [7, 11) is 0. The summed E-state index contributed by atoms with van der Waals surface area (Å²) in [5, 5.41) is 14.5. The van der Waals surface area contributed by atoms with E-state index in [1.165, 1.54) is 0 Å². The Morgan fingerprint density at radius 3 is 2.89 bits per heavy atom. The normalized spacial score (nSPS) is 17.8. The number of hydrogen-bond acceptors (Lipinski definition) is 5. The number of carbonyl (C=O) groups excluding carboxylic acids is 1. The Kier molecular flexibility index (Phi) is 3.73. The number of nitrogens with zero attached hydrogens (tertiary/aromatic N) is 2. The first-order valence-corrected chi connectivity index (χ1v) is 6.32. The van der Waals surface area contributed by atoms with E-state index in [1.54, 1.807) is 6.20 Å². The summed E-state index contributed by atoms with van der Waals surface area (Å²) in [5.74, 6) is 0.960. The van der Waals surface area contributed by atoms with Gasteiger partial charge in [0.2, 0.25) is 11.8 Å². The third-order valence-corrected chi connectivity index (χ3v) is 3.59. The van der Waals surface area contributed by atoms with E-state index in [2.05, 4.69) is 15.5 Å². The van der Waals surface area contributed by atoms with Gasteiger partial charge in [0.15, 0.2) is 5.84 Å². The van der Waals surface area contributed by atoms with E-state index in [0.717, 1.165) is 18.6 Å². The van der Waals surface area contributed by atoms with Crippen molar-refractivity contribution in [1.29, 1.82) is 0 Å². The van der Waals surface area contributed by atoms with Gasteiger partial charge in [0.25, 0.3) is 0 Å². The summed E-state index contributed by atoms with van der Waals surface area (Å²) < 4.78 is 5.40. The van der Waals surface area contributed by atoms with Crippen LogP contribution >= 0.6 is 0 Å². The van der Waals surface area contributed by atoms with Gasteiger partial charge in [-0.15, -0.1) is 0 Å². The van der Waals surface area contributed by atoms with Crippen LogP contribution in [0.1, 0.15) is 37.8 Å². The fraction of sp³-hybridized carbons (Fsp3) is 0.583. The molecule has 0 bridgehead atoms. The van der Waals surface area contributed by atoms with Gasteiger partial charge in [-0.1, -0.05) is 18.5 Å². The van der Waals surface area contributed by atoms with Gasteiger partial charge in [-0.25, -0.2) is 4.98 Å². The highest BCUT2D eigenvalue weighted by atomic mass is 16.4. The number of aromatic nitrogens is 1. The van der Waals surface area contributed by atoms with E-state index in [1.807, 2.05) is 6.92 Å². The number of nitrogens with two attached hydrogens (primary N) is 1. The monoisotopic (exact) mass is 266 g/mol. The van der Waals surface area contributed by atoms with Crippen molar-refractivity contribution in [3.05, 3.63) is 17.8 Å². The molecule has 0 atom stereocenters. The molecule has 1 aromatic rings. The third-order valence-electron chi connectivity index (χ3n) is 3.59. The molecule has 7 heteroatoms. The molecule has 0 unspecified atom stereocenters. The molecule has 19 heavy (non-hydrogen) atoms. The molecule has 0 saturated heterocycles. The topological polar surface area (TPSA) is 114 Å². The molecule has 0 aromatic carbocycles. The Labute approximate surface area is 110 Å². The maximum absolute atomic E-state index is 12.1. The van der Waals surface area contributed by atoms with Crippen LogP contribution in [0.15, 0.2) is 15.8 Å². The van der Waals surface area contributed by atoms with Crippen molar-refractivity contribution in [3.8, 4) is 0 Å². The van der Waals surface area contributed by atoms with Crippen LogP contribution in [0.3, 0.4) is 0 Å². The second kappa shape index (κ2) is 5.29. The number of oxazole rings is 1. The molecule has 0 radical (unpaired) electrons. The highest BCUT2D eigenvalue weighted by Gasteiger charge is 2.48. The largest absolute Gasteiger partial charge is 0.444 e. The molecule has 0 aliphatic heterocycles. The first kappa shape index (κ1) is 13.4. The van der Waals surface area contributed by atoms with E-state index in [-0.39, 0.29) is 18.3 Å². The van der Waals surface area contributed by atoms with E-state index in [4.69, 9.17) is 15.4 Å². The number of nitrogens with one attached hydrogen (secondary N) is 1. The molecule has 1 amide bonds. The summed E-state index contributed by atoms with van der Waals surface area (Å²) in [6, 6.07) is 0. The lowest BCUT2D eigenvalue weighted by molar-refractivity contribution is -0.131. The Balaban J connectivity index is 1.97. The zero-order valence-electron chi connectivity index (χ0n) is 10.8. The maximum atomic E-state index is 12.1. The van der Waals surface area contributed by atoms with Crippen LogP contribution in [0.25, 0.3) is 0 Å². The summed E-state index contributed by atoms with van der Waals surface area (Å²) in [4.78, 5) is 16.2. The Hall–Kier alpha value is -2.05. The number of amides is 1. The van der Waals surface area contributed by atoms with Gasteiger partial charge in [-0.05, 0) is 12.8 Å². The molecular formula is C12H18N4O3. The molecule has 1 aliphatic rings. The molecule has 7 nitrogen and oxygen atoms in total. The molecule has 1 fully saturated rings. The molecule has 1 aliphatic carbocycles. The van der Waals surface area contributed by atoms with Crippen LogP contribution in [-0.4, -0.2) is 21.9 Å². The molecule has 1 heterocycles. The van der Waals surface area contributed by atoms with E-state index >= 15 is 0 Å². The predicted molar refractivity (Wildman–Crippen MR) is 67.4 cm³/mol. The highest BCUT2D eigenvalue weighted by Crippen LogP contribution is 2.41. The molecule has 1 aromatic heterocycles. The van der Waals surface area contributed by atoms with Gasteiger partial charge in [-0.2, -0.15) is 0 Å². The van der Waals surface area contributed by atoms with E-state index in [0.29, 0.717) is 18.7 Å². The van der Waals surface area contributed by atoms with Gasteiger partial charge in [0, 0.05) is 6.42 Å². The summed E-state index contributed by atoms with van der Waals surface area (Å²) in [5.41, 5.74) is 4.74. The second-order valence-electron chi connectivity index (χ2n) is 4.68. The van der Waals surface area contributed by atoms with Crippen LogP contribution in [-0.2, 0) is 17.8 Å². The number of aryl methyl sites for hydroxylation is 1. The summed E-state index contributed by atoms with van der Waals surface area (Å²) >= 11 is 0. The zero-order valence-corrected chi connectivity index (χ0v) is 10.8. The molecule has 104 valence electrons. The van der Waals surface area contributed by atoms with E-state index < -0.39 is 5.41 Å². The standard InChI is InChI=1S/C12H18N4O3/c1-2-8-6-14-9(19-8)7-15-11(17)12(4-3-5-12)10(13)16-18/h6,18H,2-5,7H2,1H3,(H2,13,16)(H,15,17). The number of oxime groups is 1. The lowest BCUT2D eigenvalue weighted by Gasteiger charge is -2.38. The minimum Gasteiger partial charge on any atom is -0.444 e. The summed E-state index contributed by atoms with van der Waals surface area (Å²) in [6.45, 7) is 2.17. The van der Waals surface area contributed by atoms with Gasteiger partial charge < -0.3 is 20.7 Å². The number of amidine groups is 1. The van der Waals surface area contributed by atoms with Crippen LogP contribution in [0, 0.1) is 5.41 Å². The fourth-order valence-electron chi connectivity index (χ4n) is 2.14. The van der Waals surface area contributed by atoms with Gasteiger partial charge in [0.1, 0.15) is 11.2 Å². The van der Waals surface area contributed by atoms with Crippen molar-refractivity contribution in [2.24, 2.45) is 16.3 Å². The second-order valence-corrected chi connectivity index (χ2v) is 4.68. The van der Waals surface area contributed by atoms with Crippen LogP contribution in [0.5, 0.6) is 0 Å². The Morgan fingerprint density at radius 2 is 2.42 bits per heavy atom. The van der Waals surface area contributed by atoms with Crippen molar-refractivity contribution < 1.29 is 14.4 Å². The van der Waals surface area contributed by atoms with Crippen molar-refractivity contribution in [2.45, 2.75) is 39.2 Å². The van der Waals surface area contributed by atoms with Crippen molar-refractivity contribution in [2.75, 3.05) is 0 Å². The van der Waals surface area contributed by atoms with Crippen molar-refractivity contribution in [1.82, 2.24) is 10.3 Å². The SMILES string of the molecule is CCc1cnc(CNC(=O)C2(C(N)=NO)CCC2)o1. The maximum Gasteiger partial charge on any atom is 0.234 e. The van der Waals surface area contributed by atoms with Gasteiger partial charge in [0.05, 0.1) is 12.7 Å². The van der Waals surface area contributed by atoms with Gasteiger partial charge in [-0.3, -0.25) is 4.79 Å². The smallest absolute Gasteiger partial charge is 0.234 e. The number of rotatable bonds is 5. The number of hydrogen-bond donors (Lipinski definition) is 3. The quantitative estimate of drug-likeness (QED) is 0.315. The molecule has 0 spiro atoms. The zero-order chi connectivity index (χ0) is 13.9. The fourth-order valence-corrected chi connectivity index (χ4v) is 2.14. The third kappa shape index (κ3) is 2.40. The molecule has 4 N–H and O–H groups in total. The molecule has 1 saturated carbocycles. The minimum absolute atomic E-state index is 0.0297. The Morgan fingerprint density at radius 1 is 1.68 bits per heavy atom. The van der Waals surface area contributed by atoms with E-state index in [9.17, 15) is 4.79 Å². The lowest BCUT2D eigenvalue weighted by atomic mass is 9.67. The van der Waals surface area contributed by atoms with Gasteiger partial charge >= 0.3 is 0 Å². The highest BCUT2D eigenvalue weighted by molar-refractivity contribution is 6.07. The summed E-state index contributed by atoms with van der Waals surface area (Å²) in [6.07, 6.45) is 4.49. The Bertz CT molecular complexity index is 491.